The fourth-order valence-electron chi connectivity index (χ4n) is 3.28. The van der Waals surface area contributed by atoms with Crippen LogP contribution in [0.5, 0.6) is 0 Å². The van der Waals surface area contributed by atoms with Crippen LogP contribution in [0.25, 0.3) is 0 Å². The van der Waals surface area contributed by atoms with Crippen molar-refractivity contribution in [3.63, 3.8) is 0 Å². The van der Waals surface area contributed by atoms with Gasteiger partial charge in [-0.15, -0.1) is 0 Å². The van der Waals surface area contributed by atoms with Gasteiger partial charge in [-0.05, 0) is 55.9 Å². The van der Waals surface area contributed by atoms with Crippen molar-refractivity contribution in [2.24, 2.45) is 5.92 Å². The molecule has 0 heterocycles. The summed E-state index contributed by atoms with van der Waals surface area (Å²) in [7, 11) is -3.17. The number of carbonyl (C=O) groups excluding carboxylic acids is 1. The smallest absolute Gasteiger partial charge is 0.226 e. The summed E-state index contributed by atoms with van der Waals surface area (Å²) < 4.78 is 13.9. The first-order valence-electron chi connectivity index (χ1n) is 8.45. The fourth-order valence-corrected chi connectivity index (χ4v) is 6.28. The van der Waals surface area contributed by atoms with Crippen LogP contribution in [-0.2, 0) is 4.57 Å². The summed E-state index contributed by atoms with van der Waals surface area (Å²) in [5.41, 5.74) is 4.59. The number of benzene rings is 2. The van der Waals surface area contributed by atoms with Crippen LogP contribution in [-0.4, -0.2) is 11.7 Å². The number of carbonyl (C=O) groups is 1. The van der Waals surface area contributed by atoms with Crippen LogP contribution in [0.4, 0.5) is 0 Å². The topological polar surface area (TPSA) is 34.1 Å². The average Bonchev–Trinajstić information content (AvgIpc) is 2.52. The molecular weight excluding hydrogens is 315 g/mol. The van der Waals surface area contributed by atoms with Crippen LogP contribution < -0.4 is 5.30 Å². The van der Waals surface area contributed by atoms with E-state index in [9.17, 15) is 9.36 Å². The minimum atomic E-state index is -3.17. The molecule has 0 amide bonds. The van der Waals surface area contributed by atoms with Crippen molar-refractivity contribution in [2.75, 3.05) is 6.16 Å². The molecule has 0 aromatic heterocycles. The van der Waals surface area contributed by atoms with Crippen molar-refractivity contribution >= 4 is 18.0 Å². The fraction of sp³-hybridized carbons (Fsp3) is 0.381. The van der Waals surface area contributed by atoms with Crippen molar-refractivity contribution in [1.82, 2.24) is 0 Å². The van der Waals surface area contributed by atoms with E-state index in [0.717, 1.165) is 16.7 Å². The molecule has 0 saturated carbocycles. The summed E-state index contributed by atoms with van der Waals surface area (Å²) in [4.78, 5) is 13.4. The van der Waals surface area contributed by atoms with Gasteiger partial charge in [-0.1, -0.05) is 50.2 Å². The van der Waals surface area contributed by atoms with Gasteiger partial charge in [0.25, 0.3) is 0 Å². The lowest BCUT2D eigenvalue weighted by atomic mass is 9.95. The standard InChI is InChI=1S/C21H27O2P/c1-14(2)13-24(23,19-10-8-7-9-11-19)21(22)20-16(4)12-15(3)17(5)18(20)6/h7-12,14H,13H2,1-6H3. The second-order valence-electron chi connectivity index (χ2n) is 7.09. The van der Waals surface area contributed by atoms with Gasteiger partial charge in [0.2, 0.25) is 5.52 Å². The highest BCUT2D eigenvalue weighted by atomic mass is 31.2. The van der Waals surface area contributed by atoms with Gasteiger partial charge in [-0.2, -0.15) is 0 Å². The molecule has 128 valence electrons. The van der Waals surface area contributed by atoms with E-state index in [2.05, 4.69) is 6.92 Å². The van der Waals surface area contributed by atoms with Gasteiger partial charge in [0.05, 0.1) is 0 Å². The lowest BCUT2D eigenvalue weighted by Gasteiger charge is -2.22. The summed E-state index contributed by atoms with van der Waals surface area (Å²) in [5, 5.41) is 0.667. The summed E-state index contributed by atoms with van der Waals surface area (Å²) in [6.07, 6.45) is 0.404. The van der Waals surface area contributed by atoms with Crippen LogP contribution in [0.1, 0.15) is 46.5 Å². The van der Waals surface area contributed by atoms with Crippen molar-refractivity contribution < 1.29 is 9.36 Å². The van der Waals surface area contributed by atoms with E-state index in [1.54, 1.807) is 0 Å². The third-order valence-corrected chi connectivity index (χ3v) is 7.95. The molecule has 2 aromatic rings. The predicted octanol–water partition coefficient (Wildman–Crippen LogP) is 5.41. The van der Waals surface area contributed by atoms with E-state index >= 15 is 0 Å². The van der Waals surface area contributed by atoms with Crippen LogP contribution in [0, 0.1) is 33.6 Å². The first-order chi connectivity index (χ1) is 11.2. The van der Waals surface area contributed by atoms with Gasteiger partial charge in [-0.25, -0.2) is 0 Å². The maximum Gasteiger partial charge on any atom is 0.226 e. The lowest BCUT2D eigenvalue weighted by molar-refractivity contribution is 0.107. The lowest BCUT2D eigenvalue weighted by Crippen LogP contribution is -2.20. The Morgan fingerprint density at radius 3 is 2.08 bits per heavy atom. The molecule has 2 rings (SSSR count). The Balaban J connectivity index is 2.68. The summed E-state index contributed by atoms with van der Waals surface area (Å²) in [6.45, 7) is 12.0. The van der Waals surface area contributed by atoms with Gasteiger partial charge in [-0.3, -0.25) is 4.79 Å². The van der Waals surface area contributed by atoms with Gasteiger partial charge in [0, 0.05) is 17.0 Å². The minimum Gasteiger partial charge on any atom is -0.310 e. The first kappa shape index (κ1) is 18.7. The van der Waals surface area contributed by atoms with E-state index in [1.165, 1.54) is 5.56 Å². The third kappa shape index (κ3) is 3.39. The zero-order valence-corrected chi connectivity index (χ0v) is 16.4. The number of rotatable bonds is 5. The normalized spacial score (nSPS) is 13.8. The maximum absolute atomic E-state index is 13.9. The van der Waals surface area contributed by atoms with Gasteiger partial charge in [0.15, 0.2) is 7.14 Å². The molecule has 3 heteroatoms. The Morgan fingerprint density at radius 1 is 0.958 bits per heavy atom. The number of hydrogen-bond acceptors (Lipinski definition) is 2. The molecule has 0 aliphatic carbocycles. The van der Waals surface area contributed by atoms with Crippen LogP contribution in [0.3, 0.4) is 0 Å². The molecule has 0 fully saturated rings. The minimum absolute atomic E-state index is 0.187. The molecule has 0 spiro atoms. The van der Waals surface area contributed by atoms with E-state index < -0.39 is 7.14 Å². The van der Waals surface area contributed by atoms with E-state index in [1.807, 2.05) is 71.0 Å². The molecule has 2 nitrogen and oxygen atoms in total. The molecule has 1 unspecified atom stereocenters. The zero-order valence-electron chi connectivity index (χ0n) is 15.5. The Kier molecular flexibility index (Phi) is 5.50. The van der Waals surface area contributed by atoms with E-state index in [-0.39, 0.29) is 11.4 Å². The SMILES string of the molecule is Cc1cc(C)c(C(=O)P(=O)(CC(C)C)c2ccccc2)c(C)c1C. The second-order valence-corrected chi connectivity index (χ2v) is 9.86. The van der Waals surface area contributed by atoms with E-state index in [4.69, 9.17) is 0 Å². The van der Waals surface area contributed by atoms with Crippen LogP contribution >= 0.6 is 7.14 Å². The molecule has 0 bridgehead atoms. The average molecular weight is 342 g/mol. The first-order valence-corrected chi connectivity index (χ1v) is 10.3. The van der Waals surface area contributed by atoms with Crippen molar-refractivity contribution in [1.29, 1.82) is 0 Å². The quantitative estimate of drug-likeness (QED) is 0.681. The molecule has 0 radical (unpaired) electrons. The van der Waals surface area contributed by atoms with Gasteiger partial charge >= 0.3 is 0 Å². The Hall–Kier alpha value is -1.66. The van der Waals surface area contributed by atoms with Gasteiger partial charge < -0.3 is 4.57 Å². The summed E-state index contributed by atoms with van der Waals surface area (Å²) >= 11 is 0. The van der Waals surface area contributed by atoms with Crippen molar-refractivity contribution in [2.45, 2.75) is 41.5 Å². The zero-order chi connectivity index (χ0) is 18.1. The highest BCUT2D eigenvalue weighted by molar-refractivity contribution is 7.87. The Labute approximate surface area is 145 Å². The van der Waals surface area contributed by atoms with Crippen molar-refractivity contribution in [3.05, 3.63) is 64.2 Å². The predicted molar refractivity (Wildman–Crippen MR) is 103 cm³/mol. The molecule has 0 saturated heterocycles. The summed E-state index contributed by atoms with van der Waals surface area (Å²) in [5.74, 6) is 0.187. The monoisotopic (exact) mass is 342 g/mol. The molecule has 0 aliphatic heterocycles. The molecule has 0 aliphatic rings. The van der Waals surface area contributed by atoms with Crippen molar-refractivity contribution in [3.8, 4) is 0 Å². The Morgan fingerprint density at radius 2 is 1.54 bits per heavy atom. The number of aryl methyl sites for hydroxylation is 2. The highest BCUT2D eigenvalue weighted by Gasteiger charge is 2.36. The number of hydrogen-bond donors (Lipinski definition) is 0. The Bertz CT molecular complexity index is 804. The molecule has 0 N–H and O–H groups in total. The van der Waals surface area contributed by atoms with Gasteiger partial charge in [0.1, 0.15) is 0 Å². The van der Waals surface area contributed by atoms with E-state index in [0.29, 0.717) is 17.0 Å². The largest absolute Gasteiger partial charge is 0.310 e. The molecule has 2 aromatic carbocycles. The molecule has 24 heavy (non-hydrogen) atoms. The molecule has 1 atom stereocenters. The second kappa shape index (κ2) is 7.07. The summed E-state index contributed by atoms with van der Waals surface area (Å²) in [6, 6.07) is 11.3. The van der Waals surface area contributed by atoms with Crippen LogP contribution in [0.15, 0.2) is 36.4 Å². The van der Waals surface area contributed by atoms with Crippen LogP contribution in [0.2, 0.25) is 0 Å². The molecular formula is C21H27O2P. The highest BCUT2D eigenvalue weighted by Crippen LogP contribution is 2.50. The third-order valence-electron chi connectivity index (χ3n) is 4.69. The maximum atomic E-state index is 13.9.